The van der Waals surface area contributed by atoms with Crippen LogP contribution in [0.3, 0.4) is 0 Å². The zero-order valence-electron chi connectivity index (χ0n) is 17.3. The van der Waals surface area contributed by atoms with E-state index in [9.17, 15) is 9.59 Å². The van der Waals surface area contributed by atoms with Gasteiger partial charge in [0.2, 0.25) is 5.88 Å². The molecule has 2 aromatic heterocycles. The number of rotatable bonds is 7. The standard InChI is InChI=1S/C23H23N5O3/c1-28-14-19(23(27-28)31-2)22(30)26-17-9-7-15(8-10-17)21(29)24-12-11-16-13-25-20-6-4-3-5-18(16)20/h3-10,13-14,25H,11-12H2,1-2H3,(H,24,29)(H,26,30). The van der Waals surface area contributed by atoms with Gasteiger partial charge in [0.05, 0.1) is 7.11 Å². The molecule has 0 aliphatic heterocycles. The quantitative estimate of drug-likeness (QED) is 0.430. The summed E-state index contributed by atoms with van der Waals surface area (Å²) >= 11 is 0. The Morgan fingerprint density at radius 1 is 1.10 bits per heavy atom. The number of hydrogen-bond donors (Lipinski definition) is 3. The molecule has 2 aromatic carbocycles. The molecule has 0 aliphatic carbocycles. The second-order valence-electron chi connectivity index (χ2n) is 7.12. The van der Waals surface area contributed by atoms with Crippen LogP contribution in [-0.4, -0.2) is 40.2 Å². The number of nitrogens with one attached hydrogen (secondary N) is 3. The molecule has 0 spiro atoms. The van der Waals surface area contributed by atoms with Crippen molar-refractivity contribution in [3.63, 3.8) is 0 Å². The fourth-order valence-corrected chi connectivity index (χ4v) is 3.43. The maximum absolute atomic E-state index is 12.4. The Morgan fingerprint density at radius 2 is 1.87 bits per heavy atom. The fourth-order valence-electron chi connectivity index (χ4n) is 3.43. The highest BCUT2D eigenvalue weighted by Crippen LogP contribution is 2.19. The van der Waals surface area contributed by atoms with Crippen LogP contribution in [-0.2, 0) is 13.5 Å². The van der Waals surface area contributed by atoms with Crippen LogP contribution < -0.4 is 15.4 Å². The Hall–Kier alpha value is -4.07. The zero-order valence-corrected chi connectivity index (χ0v) is 17.3. The highest BCUT2D eigenvalue weighted by atomic mass is 16.5. The molecule has 0 saturated heterocycles. The predicted molar refractivity (Wildman–Crippen MR) is 118 cm³/mol. The number of anilines is 1. The molecule has 0 aliphatic rings. The van der Waals surface area contributed by atoms with Gasteiger partial charge in [-0.1, -0.05) is 18.2 Å². The SMILES string of the molecule is COc1nn(C)cc1C(=O)Nc1ccc(C(=O)NCCc2c[nH]c3ccccc23)cc1. The molecule has 0 fully saturated rings. The number of methoxy groups -OCH3 is 1. The number of benzene rings is 2. The molecule has 8 heteroatoms. The summed E-state index contributed by atoms with van der Waals surface area (Å²) in [5.41, 5.74) is 3.69. The van der Waals surface area contributed by atoms with Crippen molar-refractivity contribution >= 4 is 28.4 Å². The molecule has 2 heterocycles. The van der Waals surface area contributed by atoms with E-state index in [0.29, 0.717) is 23.4 Å². The third kappa shape index (κ3) is 4.42. The number of ether oxygens (including phenoxy) is 1. The first kappa shape index (κ1) is 20.2. The summed E-state index contributed by atoms with van der Waals surface area (Å²) in [6.07, 6.45) is 4.30. The predicted octanol–water partition coefficient (Wildman–Crippen LogP) is 3.13. The lowest BCUT2D eigenvalue weighted by Gasteiger charge is -2.07. The van der Waals surface area contributed by atoms with Gasteiger partial charge in [-0.15, -0.1) is 5.10 Å². The number of hydrogen-bond acceptors (Lipinski definition) is 4. The van der Waals surface area contributed by atoms with Crippen molar-refractivity contribution in [1.82, 2.24) is 20.1 Å². The van der Waals surface area contributed by atoms with Crippen LogP contribution in [0, 0.1) is 0 Å². The molecule has 0 bridgehead atoms. The molecule has 8 nitrogen and oxygen atoms in total. The third-order valence-corrected chi connectivity index (χ3v) is 4.99. The van der Waals surface area contributed by atoms with Crippen molar-refractivity contribution in [2.75, 3.05) is 19.0 Å². The lowest BCUT2D eigenvalue weighted by atomic mass is 10.1. The van der Waals surface area contributed by atoms with Gasteiger partial charge in [0, 0.05) is 48.1 Å². The van der Waals surface area contributed by atoms with Gasteiger partial charge >= 0.3 is 0 Å². The molecular weight excluding hydrogens is 394 g/mol. The smallest absolute Gasteiger partial charge is 0.262 e. The van der Waals surface area contributed by atoms with Crippen molar-refractivity contribution < 1.29 is 14.3 Å². The Balaban J connectivity index is 1.33. The number of para-hydroxylation sites is 1. The largest absolute Gasteiger partial charge is 0.479 e. The van der Waals surface area contributed by atoms with Gasteiger partial charge in [-0.3, -0.25) is 14.3 Å². The number of fused-ring (bicyclic) bond motifs is 1. The minimum absolute atomic E-state index is 0.161. The molecule has 4 rings (SSSR count). The number of H-pyrrole nitrogens is 1. The first-order valence-corrected chi connectivity index (χ1v) is 9.87. The van der Waals surface area contributed by atoms with E-state index in [1.807, 2.05) is 24.4 Å². The monoisotopic (exact) mass is 417 g/mol. The van der Waals surface area contributed by atoms with Crippen LogP contribution in [0.25, 0.3) is 10.9 Å². The number of carbonyl (C=O) groups excluding carboxylic acids is 2. The van der Waals surface area contributed by atoms with E-state index in [2.05, 4.69) is 26.8 Å². The van der Waals surface area contributed by atoms with E-state index in [-0.39, 0.29) is 17.7 Å². The number of aryl methyl sites for hydroxylation is 1. The maximum atomic E-state index is 12.4. The maximum Gasteiger partial charge on any atom is 0.262 e. The van der Waals surface area contributed by atoms with E-state index >= 15 is 0 Å². The summed E-state index contributed by atoms with van der Waals surface area (Å²) in [4.78, 5) is 28.1. The second kappa shape index (κ2) is 8.74. The summed E-state index contributed by atoms with van der Waals surface area (Å²) in [5, 5.41) is 11.0. The molecule has 4 aromatic rings. The lowest BCUT2D eigenvalue weighted by Crippen LogP contribution is -2.25. The van der Waals surface area contributed by atoms with E-state index in [1.54, 1.807) is 37.5 Å². The van der Waals surface area contributed by atoms with Crippen molar-refractivity contribution in [2.24, 2.45) is 7.05 Å². The van der Waals surface area contributed by atoms with Gasteiger partial charge < -0.3 is 20.4 Å². The van der Waals surface area contributed by atoms with Crippen molar-refractivity contribution in [3.8, 4) is 5.88 Å². The fraction of sp³-hybridized carbons (Fsp3) is 0.174. The summed E-state index contributed by atoms with van der Waals surface area (Å²) in [6.45, 7) is 0.528. The Bertz CT molecular complexity index is 1220. The van der Waals surface area contributed by atoms with E-state index in [1.165, 1.54) is 22.7 Å². The third-order valence-electron chi connectivity index (χ3n) is 4.99. The van der Waals surface area contributed by atoms with Crippen LogP contribution >= 0.6 is 0 Å². The molecule has 2 amide bonds. The molecule has 0 radical (unpaired) electrons. The summed E-state index contributed by atoms with van der Waals surface area (Å²) in [5.74, 6) is -0.237. The second-order valence-corrected chi connectivity index (χ2v) is 7.12. The van der Waals surface area contributed by atoms with E-state index in [4.69, 9.17) is 4.74 Å². The van der Waals surface area contributed by atoms with Gasteiger partial charge in [0.25, 0.3) is 11.8 Å². The number of nitrogens with zero attached hydrogens (tertiary/aromatic N) is 2. The first-order chi connectivity index (χ1) is 15.0. The van der Waals surface area contributed by atoms with Gasteiger partial charge in [0.15, 0.2) is 0 Å². The number of aromatic amines is 1. The minimum Gasteiger partial charge on any atom is -0.479 e. The van der Waals surface area contributed by atoms with Gasteiger partial charge in [-0.05, 0) is 42.3 Å². The summed E-state index contributed by atoms with van der Waals surface area (Å²) in [7, 11) is 3.18. The average molecular weight is 417 g/mol. The number of aromatic nitrogens is 3. The van der Waals surface area contributed by atoms with Crippen LogP contribution in [0.2, 0.25) is 0 Å². The van der Waals surface area contributed by atoms with Gasteiger partial charge in [0.1, 0.15) is 5.56 Å². The topological polar surface area (TPSA) is 101 Å². The van der Waals surface area contributed by atoms with Crippen LogP contribution in [0.15, 0.2) is 60.9 Å². The molecule has 158 valence electrons. The van der Waals surface area contributed by atoms with Crippen LogP contribution in [0.5, 0.6) is 5.88 Å². The Labute approximate surface area is 179 Å². The van der Waals surface area contributed by atoms with Crippen molar-refractivity contribution in [2.45, 2.75) is 6.42 Å². The van der Waals surface area contributed by atoms with Crippen molar-refractivity contribution in [1.29, 1.82) is 0 Å². The number of amides is 2. The molecule has 0 unspecified atom stereocenters. The summed E-state index contributed by atoms with van der Waals surface area (Å²) < 4.78 is 6.63. The minimum atomic E-state index is -0.333. The lowest BCUT2D eigenvalue weighted by molar-refractivity contribution is 0.0953. The van der Waals surface area contributed by atoms with Crippen LogP contribution in [0.4, 0.5) is 5.69 Å². The average Bonchev–Trinajstić information content (AvgIpc) is 3.37. The van der Waals surface area contributed by atoms with Gasteiger partial charge in [-0.25, -0.2) is 0 Å². The molecular formula is C23H23N5O3. The number of carbonyl (C=O) groups is 2. The zero-order chi connectivity index (χ0) is 21.8. The first-order valence-electron chi connectivity index (χ1n) is 9.87. The highest BCUT2D eigenvalue weighted by Gasteiger charge is 2.16. The van der Waals surface area contributed by atoms with Crippen LogP contribution in [0.1, 0.15) is 26.3 Å². The molecule has 0 atom stereocenters. The van der Waals surface area contributed by atoms with E-state index < -0.39 is 0 Å². The molecule has 0 saturated carbocycles. The summed E-state index contributed by atoms with van der Waals surface area (Å²) in [6, 6.07) is 14.8. The highest BCUT2D eigenvalue weighted by molar-refractivity contribution is 6.06. The van der Waals surface area contributed by atoms with E-state index in [0.717, 1.165) is 11.9 Å². The Kier molecular flexibility index (Phi) is 5.70. The Morgan fingerprint density at radius 3 is 2.65 bits per heavy atom. The molecule has 31 heavy (non-hydrogen) atoms. The molecule has 3 N–H and O–H groups in total. The van der Waals surface area contributed by atoms with Crippen molar-refractivity contribution in [3.05, 3.63) is 77.6 Å². The van der Waals surface area contributed by atoms with Gasteiger partial charge in [-0.2, -0.15) is 0 Å². The normalized spacial score (nSPS) is 10.8.